The molecule has 4 rings (SSSR count). The third-order valence-corrected chi connectivity index (χ3v) is 5.85. The van der Waals surface area contributed by atoms with Crippen LogP contribution in [0.15, 0.2) is 42.7 Å². The van der Waals surface area contributed by atoms with Crippen molar-refractivity contribution in [3.05, 3.63) is 42.7 Å². The third-order valence-electron chi connectivity index (χ3n) is 5.85. The molecule has 0 bridgehead atoms. The normalized spacial score (nSPS) is 20.4. The van der Waals surface area contributed by atoms with Crippen LogP contribution in [0.2, 0.25) is 0 Å². The molecule has 2 aliphatic rings. The minimum Gasteiger partial charge on any atom is -0.399 e. The summed E-state index contributed by atoms with van der Waals surface area (Å²) in [6.45, 7) is 7.03. The molecule has 0 saturated carbocycles. The molecule has 0 aliphatic carbocycles. The van der Waals surface area contributed by atoms with Crippen LogP contribution in [-0.4, -0.2) is 67.1 Å². The van der Waals surface area contributed by atoms with Gasteiger partial charge in [0.15, 0.2) is 0 Å². The number of pyridine rings is 1. The Kier molecular flexibility index (Phi) is 5.09. The number of benzene rings is 1. The topological polar surface area (TPSA) is 48.6 Å². The summed E-state index contributed by atoms with van der Waals surface area (Å²) in [5, 5.41) is 0. The Morgan fingerprint density at radius 3 is 2.46 bits per heavy atom. The van der Waals surface area contributed by atoms with Gasteiger partial charge >= 0.3 is 0 Å². The summed E-state index contributed by atoms with van der Waals surface area (Å²) in [6, 6.07) is 11.1. The van der Waals surface area contributed by atoms with E-state index in [0.29, 0.717) is 0 Å². The van der Waals surface area contributed by atoms with Crippen LogP contribution < -0.4 is 10.6 Å². The van der Waals surface area contributed by atoms with Gasteiger partial charge in [0.05, 0.1) is 0 Å². The SMILES string of the molecule is CN1CCN(C2CCN(c3ccc(N)cc3-c3cccnc3)CC2)CC1. The predicted molar refractivity (Wildman–Crippen MR) is 108 cm³/mol. The van der Waals surface area contributed by atoms with Crippen molar-refractivity contribution in [1.82, 2.24) is 14.8 Å². The second-order valence-electron chi connectivity index (χ2n) is 7.58. The number of nitrogens with two attached hydrogens (primary N) is 1. The van der Waals surface area contributed by atoms with Crippen LogP contribution in [-0.2, 0) is 0 Å². The van der Waals surface area contributed by atoms with E-state index in [-0.39, 0.29) is 0 Å². The van der Waals surface area contributed by atoms with Gasteiger partial charge in [-0.2, -0.15) is 0 Å². The van der Waals surface area contributed by atoms with Crippen molar-refractivity contribution in [2.75, 3.05) is 56.9 Å². The first-order valence-electron chi connectivity index (χ1n) is 9.68. The molecule has 1 aromatic heterocycles. The Morgan fingerprint density at radius 2 is 1.77 bits per heavy atom. The molecule has 0 amide bonds. The molecule has 2 saturated heterocycles. The number of rotatable bonds is 3. The fourth-order valence-corrected chi connectivity index (χ4v) is 4.24. The summed E-state index contributed by atoms with van der Waals surface area (Å²) in [6.07, 6.45) is 6.22. The van der Waals surface area contributed by atoms with E-state index in [1.54, 1.807) is 0 Å². The number of aromatic nitrogens is 1. The monoisotopic (exact) mass is 351 g/mol. The molecule has 0 spiro atoms. The third kappa shape index (κ3) is 3.69. The van der Waals surface area contributed by atoms with Gasteiger partial charge in [0.25, 0.3) is 0 Å². The first kappa shape index (κ1) is 17.3. The van der Waals surface area contributed by atoms with Crippen LogP contribution in [0.25, 0.3) is 11.1 Å². The van der Waals surface area contributed by atoms with Crippen molar-refractivity contribution in [2.24, 2.45) is 0 Å². The molecule has 138 valence electrons. The van der Waals surface area contributed by atoms with Crippen molar-refractivity contribution < 1.29 is 0 Å². The van der Waals surface area contributed by atoms with E-state index in [4.69, 9.17) is 5.73 Å². The van der Waals surface area contributed by atoms with Crippen LogP contribution in [0.3, 0.4) is 0 Å². The van der Waals surface area contributed by atoms with E-state index in [2.05, 4.69) is 44.9 Å². The van der Waals surface area contributed by atoms with E-state index in [0.717, 1.165) is 30.4 Å². The van der Waals surface area contributed by atoms with Crippen molar-refractivity contribution >= 4 is 11.4 Å². The maximum Gasteiger partial charge on any atom is 0.0448 e. The highest BCUT2D eigenvalue weighted by Crippen LogP contribution is 2.34. The number of likely N-dealkylation sites (N-methyl/N-ethyl adjacent to an activating group) is 1. The van der Waals surface area contributed by atoms with E-state index < -0.39 is 0 Å². The second-order valence-corrected chi connectivity index (χ2v) is 7.58. The molecule has 5 heteroatoms. The van der Waals surface area contributed by atoms with Crippen LogP contribution >= 0.6 is 0 Å². The summed E-state index contributed by atoms with van der Waals surface area (Å²) >= 11 is 0. The smallest absolute Gasteiger partial charge is 0.0448 e. The lowest BCUT2D eigenvalue weighted by molar-refractivity contribution is 0.0982. The lowest BCUT2D eigenvalue weighted by Crippen LogP contribution is -2.52. The Hall–Kier alpha value is -2.11. The summed E-state index contributed by atoms with van der Waals surface area (Å²) in [5.74, 6) is 0. The van der Waals surface area contributed by atoms with Crippen LogP contribution in [0.4, 0.5) is 11.4 Å². The molecular weight excluding hydrogens is 322 g/mol. The fraction of sp³-hybridized carbons (Fsp3) is 0.476. The molecule has 2 fully saturated rings. The molecule has 0 atom stereocenters. The highest BCUT2D eigenvalue weighted by Gasteiger charge is 2.27. The largest absolute Gasteiger partial charge is 0.399 e. The van der Waals surface area contributed by atoms with Gasteiger partial charge in [0, 0.05) is 80.2 Å². The number of piperidine rings is 1. The van der Waals surface area contributed by atoms with Gasteiger partial charge < -0.3 is 15.5 Å². The minimum absolute atomic E-state index is 0.732. The van der Waals surface area contributed by atoms with Crippen LogP contribution in [0, 0.1) is 0 Å². The molecule has 0 unspecified atom stereocenters. The van der Waals surface area contributed by atoms with E-state index in [1.807, 2.05) is 24.5 Å². The van der Waals surface area contributed by atoms with Crippen LogP contribution in [0.1, 0.15) is 12.8 Å². The fourth-order valence-electron chi connectivity index (χ4n) is 4.24. The molecule has 26 heavy (non-hydrogen) atoms. The lowest BCUT2D eigenvalue weighted by atomic mass is 9.98. The Balaban J connectivity index is 1.48. The van der Waals surface area contributed by atoms with Gasteiger partial charge in [-0.05, 0) is 44.2 Å². The molecular formula is C21H29N5. The quantitative estimate of drug-likeness (QED) is 0.861. The highest BCUT2D eigenvalue weighted by atomic mass is 15.3. The van der Waals surface area contributed by atoms with Gasteiger partial charge in [-0.1, -0.05) is 6.07 Å². The molecule has 2 N–H and O–H groups in total. The summed E-state index contributed by atoms with van der Waals surface area (Å²) in [4.78, 5) is 11.9. The van der Waals surface area contributed by atoms with Gasteiger partial charge in [-0.25, -0.2) is 0 Å². The lowest BCUT2D eigenvalue weighted by Gasteiger charge is -2.43. The predicted octanol–water partition coefficient (Wildman–Crippen LogP) is 2.55. The van der Waals surface area contributed by atoms with Crippen molar-refractivity contribution in [2.45, 2.75) is 18.9 Å². The van der Waals surface area contributed by atoms with Gasteiger partial charge in [-0.15, -0.1) is 0 Å². The summed E-state index contributed by atoms with van der Waals surface area (Å²) in [7, 11) is 2.22. The number of hydrogen-bond donors (Lipinski definition) is 1. The van der Waals surface area contributed by atoms with E-state index in [1.165, 1.54) is 50.3 Å². The second kappa shape index (κ2) is 7.64. The number of hydrogen-bond acceptors (Lipinski definition) is 5. The minimum atomic E-state index is 0.732. The zero-order valence-electron chi connectivity index (χ0n) is 15.6. The number of nitrogen functional groups attached to an aromatic ring is 1. The first-order chi connectivity index (χ1) is 12.7. The Morgan fingerprint density at radius 1 is 1.00 bits per heavy atom. The Bertz CT molecular complexity index is 716. The van der Waals surface area contributed by atoms with E-state index in [9.17, 15) is 0 Å². The Labute approximate surface area is 156 Å². The van der Waals surface area contributed by atoms with E-state index >= 15 is 0 Å². The molecule has 3 heterocycles. The zero-order valence-corrected chi connectivity index (χ0v) is 15.6. The number of nitrogens with zero attached hydrogens (tertiary/aromatic N) is 4. The average molecular weight is 351 g/mol. The molecule has 1 aromatic carbocycles. The molecule has 2 aliphatic heterocycles. The molecule has 2 aromatic rings. The first-order valence-corrected chi connectivity index (χ1v) is 9.68. The summed E-state index contributed by atoms with van der Waals surface area (Å²) in [5.41, 5.74) is 10.5. The maximum atomic E-state index is 6.08. The van der Waals surface area contributed by atoms with Gasteiger partial charge in [-0.3, -0.25) is 9.88 Å². The number of piperazine rings is 1. The average Bonchev–Trinajstić information content (AvgIpc) is 2.69. The van der Waals surface area contributed by atoms with Gasteiger partial charge in [0.1, 0.15) is 0 Å². The zero-order chi connectivity index (χ0) is 17.9. The van der Waals surface area contributed by atoms with Crippen LogP contribution in [0.5, 0.6) is 0 Å². The molecule has 5 nitrogen and oxygen atoms in total. The highest BCUT2D eigenvalue weighted by molar-refractivity contribution is 5.81. The standard InChI is InChI=1S/C21H29N5/c1-24-11-13-25(14-12-24)19-6-9-26(10-7-19)21-5-4-18(22)15-20(21)17-3-2-8-23-16-17/h2-5,8,15-16,19H,6-7,9-14,22H2,1H3. The van der Waals surface area contributed by atoms with Crippen molar-refractivity contribution in [3.63, 3.8) is 0 Å². The van der Waals surface area contributed by atoms with Crippen molar-refractivity contribution in [3.8, 4) is 11.1 Å². The maximum absolute atomic E-state index is 6.08. The van der Waals surface area contributed by atoms with Gasteiger partial charge in [0.2, 0.25) is 0 Å². The molecule has 0 radical (unpaired) electrons. The summed E-state index contributed by atoms with van der Waals surface area (Å²) < 4.78 is 0. The number of anilines is 2. The van der Waals surface area contributed by atoms with Crippen molar-refractivity contribution in [1.29, 1.82) is 0 Å².